The number of anilines is 1. The Labute approximate surface area is 150 Å². The molecule has 4 N–H and O–H groups in total. The minimum Gasteiger partial charge on any atom is -0.382 e. The molecule has 0 radical (unpaired) electrons. The summed E-state index contributed by atoms with van der Waals surface area (Å²) in [6, 6.07) is 12.7. The number of fused-ring (bicyclic) bond motifs is 1. The molecule has 0 atom stereocenters. The van der Waals surface area contributed by atoms with E-state index in [9.17, 15) is 4.79 Å². The highest BCUT2D eigenvalue weighted by atomic mass is 16.2. The number of rotatable bonds is 6. The Bertz CT molecular complexity index is 915. The number of nitrogens with one attached hydrogen (secondary N) is 2. The number of aromatic nitrogens is 1. The lowest BCUT2D eigenvalue weighted by molar-refractivity contribution is 0.0780. The van der Waals surface area contributed by atoms with Crippen LogP contribution in [0.25, 0.3) is 0 Å². The highest BCUT2D eigenvalue weighted by Gasteiger charge is 2.29. The van der Waals surface area contributed by atoms with Crippen molar-refractivity contribution in [1.29, 1.82) is 10.7 Å². The van der Waals surface area contributed by atoms with Gasteiger partial charge in [-0.15, -0.1) is 0 Å². The van der Waals surface area contributed by atoms with Crippen LogP contribution in [-0.2, 0) is 13.0 Å². The fourth-order valence-corrected chi connectivity index (χ4v) is 2.73. The maximum Gasteiger partial charge on any atom is 0.254 e. The van der Waals surface area contributed by atoms with Crippen LogP contribution >= 0.6 is 0 Å². The molecule has 2 aromatic rings. The molecule has 0 bridgehead atoms. The molecule has 1 amide bonds. The van der Waals surface area contributed by atoms with Gasteiger partial charge in [0.25, 0.3) is 5.91 Å². The van der Waals surface area contributed by atoms with Crippen LogP contribution in [0.2, 0.25) is 0 Å². The molecular weight excluding hydrogens is 330 g/mol. The van der Waals surface area contributed by atoms with E-state index >= 15 is 0 Å². The molecule has 3 rings (SSSR count). The van der Waals surface area contributed by atoms with Crippen molar-refractivity contribution in [1.82, 2.24) is 9.88 Å². The second kappa shape index (κ2) is 7.44. The van der Waals surface area contributed by atoms with Crippen molar-refractivity contribution >= 4 is 23.1 Å². The molecule has 0 fully saturated rings. The lowest BCUT2D eigenvalue weighted by Gasteiger charge is -2.15. The van der Waals surface area contributed by atoms with E-state index in [1.54, 1.807) is 35.4 Å². The summed E-state index contributed by atoms with van der Waals surface area (Å²) in [7, 11) is 0. The minimum absolute atomic E-state index is 0.0457. The summed E-state index contributed by atoms with van der Waals surface area (Å²) in [6.07, 6.45) is 2.40. The minimum atomic E-state index is -0.416. The smallest absolute Gasteiger partial charge is 0.254 e. The van der Waals surface area contributed by atoms with E-state index in [-0.39, 0.29) is 11.6 Å². The van der Waals surface area contributed by atoms with E-state index in [2.05, 4.69) is 15.5 Å². The summed E-state index contributed by atoms with van der Waals surface area (Å²) in [5.41, 5.74) is 10.8. The molecule has 0 unspecified atom stereocenters. The summed E-state index contributed by atoms with van der Waals surface area (Å²) in [4.78, 5) is 18.6. The first-order valence-corrected chi connectivity index (χ1v) is 7.99. The predicted molar refractivity (Wildman–Crippen MR) is 97.7 cm³/mol. The first-order valence-electron chi connectivity index (χ1n) is 7.99. The summed E-state index contributed by atoms with van der Waals surface area (Å²) in [6.45, 7) is 1.01. The molecule has 8 heteroatoms. The molecule has 0 saturated carbocycles. The Kier molecular flexibility index (Phi) is 4.90. The van der Waals surface area contributed by atoms with Crippen molar-refractivity contribution in [2.75, 3.05) is 12.0 Å². The van der Waals surface area contributed by atoms with Crippen LogP contribution in [0, 0.1) is 16.7 Å². The van der Waals surface area contributed by atoms with Gasteiger partial charge in [-0.3, -0.25) is 20.6 Å². The number of nitrogens with two attached hydrogens (primary N) is 1. The zero-order valence-electron chi connectivity index (χ0n) is 13.9. The number of amidine groups is 1. The topological polar surface area (TPSA) is 131 Å². The molecule has 1 aromatic heterocycles. The second-order valence-electron chi connectivity index (χ2n) is 5.73. The average molecular weight is 347 g/mol. The van der Waals surface area contributed by atoms with Gasteiger partial charge in [0.2, 0.25) is 5.71 Å². The quantitative estimate of drug-likeness (QED) is 0.414. The van der Waals surface area contributed by atoms with Gasteiger partial charge in [0, 0.05) is 42.5 Å². The molecule has 0 spiro atoms. The number of nitriles is 1. The Balaban J connectivity index is 1.75. The van der Waals surface area contributed by atoms with Crippen molar-refractivity contribution in [2.45, 2.75) is 13.0 Å². The molecule has 1 aliphatic rings. The highest BCUT2D eigenvalue weighted by molar-refractivity contribution is 6.45. The number of pyridine rings is 1. The van der Waals surface area contributed by atoms with Gasteiger partial charge in [0.1, 0.15) is 6.07 Å². The third-order valence-electron chi connectivity index (χ3n) is 4.06. The van der Waals surface area contributed by atoms with E-state index in [1.165, 1.54) is 0 Å². The van der Waals surface area contributed by atoms with Gasteiger partial charge >= 0.3 is 0 Å². The fourth-order valence-electron chi connectivity index (χ4n) is 2.73. The van der Waals surface area contributed by atoms with Crippen LogP contribution in [0.1, 0.15) is 21.6 Å². The number of hydrogen-bond acceptors (Lipinski definition) is 6. The van der Waals surface area contributed by atoms with Gasteiger partial charge in [0.15, 0.2) is 5.84 Å². The van der Waals surface area contributed by atoms with Gasteiger partial charge in [-0.1, -0.05) is 12.1 Å². The number of nitrogens with zero attached hydrogens (tertiary/aromatic N) is 4. The van der Waals surface area contributed by atoms with E-state index in [4.69, 9.17) is 16.4 Å². The first kappa shape index (κ1) is 17.1. The van der Waals surface area contributed by atoms with Gasteiger partial charge in [-0.25, -0.2) is 0 Å². The number of hydrogen-bond donors (Lipinski definition) is 3. The Morgan fingerprint density at radius 3 is 2.92 bits per heavy atom. The molecule has 1 aliphatic heterocycles. The molecule has 2 heterocycles. The Hall–Kier alpha value is -3.73. The second-order valence-corrected chi connectivity index (χ2v) is 5.73. The van der Waals surface area contributed by atoms with Gasteiger partial charge in [-0.05, 0) is 24.3 Å². The molecule has 26 heavy (non-hydrogen) atoms. The van der Waals surface area contributed by atoms with E-state index in [1.807, 2.05) is 18.2 Å². The number of carbonyl (C=O) groups excluding carboxylic acids is 1. The monoisotopic (exact) mass is 347 g/mol. The van der Waals surface area contributed by atoms with Crippen molar-refractivity contribution < 1.29 is 4.79 Å². The molecule has 0 saturated heterocycles. The van der Waals surface area contributed by atoms with Crippen LogP contribution in [0.15, 0.2) is 47.7 Å². The van der Waals surface area contributed by atoms with Crippen molar-refractivity contribution in [2.24, 2.45) is 10.8 Å². The van der Waals surface area contributed by atoms with Crippen LogP contribution in [0.3, 0.4) is 0 Å². The lowest BCUT2D eigenvalue weighted by Crippen LogP contribution is -2.26. The summed E-state index contributed by atoms with van der Waals surface area (Å²) < 4.78 is 0. The zero-order chi connectivity index (χ0) is 18.5. The van der Waals surface area contributed by atoms with E-state index < -0.39 is 5.84 Å². The molecular formula is C18H17N7O. The van der Waals surface area contributed by atoms with E-state index in [0.717, 1.165) is 11.3 Å². The van der Waals surface area contributed by atoms with Crippen LogP contribution < -0.4 is 11.2 Å². The van der Waals surface area contributed by atoms with E-state index in [0.29, 0.717) is 30.8 Å². The number of carbonyl (C=O) groups is 1. The third kappa shape index (κ3) is 3.52. The number of benzene rings is 1. The normalized spacial score (nSPS) is 13.3. The maximum atomic E-state index is 12.6. The van der Waals surface area contributed by atoms with Crippen LogP contribution in [0.5, 0.6) is 0 Å². The molecule has 130 valence electrons. The molecule has 1 aromatic carbocycles. The van der Waals surface area contributed by atoms with Gasteiger partial charge in [0.05, 0.1) is 5.69 Å². The van der Waals surface area contributed by atoms with Gasteiger partial charge in [-0.2, -0.15) is 10.4 Å². The average Bonchev–Trinajstić information content (AvgIpc) is 2.98. The van der Waals surface area contributed by atoms with Crippen LogP contribution in [-0.4, -0.2) is 33.9 Å². The summed E-state index contributed by atoms with van der Waals surface area (Å²) in [5.74, 6) is -0.462. The fraction of sp³-hybridized carbons (Fsp3) is 0.167. The molecule has 0 aliphatic carbocycles. The third-order valence-corrected chi connectivity index (χ3v) is 4.06. The number of amides is 1. The predicted octanol–water partition coefficient (Wildman–Crippen LogP) is 1.51. The van der Waals surface area contributed by atoms with Crippen LogP contribution in [0.4, 0.5) is 5.69 Å². The maximum absolute atomic E-state index is 12.6. The highest BCUT2D eigenvalue weighted by Crippen LogP contribution is 2.29. The van der Waals surface area contributed by atoms with Crippen molar-refractivity contribution in [3.05, 3.63) is 59.4 Å². The standard InChI is InChI=1S/C18H17N7O/c19-10-16(17(20)21)24-23-15-6-3-5-13-14(15)11-25(18(13)26)9-7-12-4-1-2-8-22-12/h1-6,8,23H,7,9,11H2,(H3,20,21)/b24-16+. The summed E-state index contributed by atoms with van der Waals surface area (Å²) >= 11 is 0. The molecule has 8 nitrogen and oxygen atoms in total. The largest absolute Gasteiger partial charge is 0.382 e. The van der Waals surface area contributed by atoms with Crippen molar-refractivity contribution in [3.8, 4) is 6.07 Å². The summed E-state index contributed by atoms with van der Waals surface area (Å²) in [5, 5.41) is 20.1. The van der Waals surface area contributed by atoms with Crippen molar-refractivity contribution in [3.63, 3.8) is 0 Å². The Morgan fingerprint density at radius 2 is 2.23 bits per heavy atom. The van der Waals surface area contributed by atoms with Gasteiger partial charge < -0.3 is 10.6 Å². The zero-order valence-corrected chi connectivity index (χ0v) is 13.9. The SMILES string of the molecule is N#C/C(=N\Nc1cccc2c1CN(CCc1ccccn1)C2=O)C(=N)N. The Morgan fingerprint density at radius 1 is 1.38 bits per heavy atom. The lowest BCUT2D eigenvalue weighted by atomic mass is 10.1. The number of hydrazone groups is 1. The first-order chi connectivity index (χ1) is 12.6.